The fraction of sp³-hybridized carbons (Fsp3) is 0.353. The number of fused-ring (bicyclic) bond motifs is 3. The third-order valence-corrected chi connectivity index (χ3v) is 5.18. The largest absolute Gasteiger partial charge is 0.383 e. The average molecular weight is 355 g/mol. The molecule has 128 valence electrons. The van der Waals surface area contributed by atoms with Gasteiger partial charge in [-0.05, 0) is 19.1 Å². The van der Waals surface area contributed by atoms with E-state index < -0.39 is 0 Å². The van der Waals surface area contributed by atoms with E-state index in [1.165, 1.54) is 11.3 Å². The SMILES string of the molecule is CC#C[C@@H]1CNC(=O)N1c1nc2c(ccc3ncn(CCOC)c32)s1. The second-order valence-corrected chi connectivity index (χ2v) is 6.68. The second kappa shape index (κ2) is 6.35. The van der Waals surface area contributed by atoms with Gasteiger partial charge in [-0.15, -0.1) is 5.92 Å². The summed E-state index contributed by atoms with van der Waals surface area (Å²) in [6.07, 6.45) is 1.80. The second-order valence-electron chi connectivity index (χ2n) is 5.67. The maximum atomic E-state index is 12.2. The number of imidazole rings is 1. The van der Waals surface area contributed by atoms with E-state index in [4.69, 9.17) is 9.72 Å². The van der Waals surface area contributed by atoms with Crippen LogP contribution in [-0.2, 0) is 11.3 Å². The normalized spacial score (nSPS) is 17.1. The summed E-state index contributed by atoms with van der Waals surface area (Å²) in [5.74, 6) is 5.95. The molecule has 0 bridgehead atoms. The summed E-state index contributed by atoms with van der Waals surface area (Å²) in [5, 5.41) is 3.49. The van der Waals surface area contributed by atoms with Crippen molar-refractivity contribution in [1.82, 2.24) is 19.9 Å². The number of carbonyl (C=O) groups is 1. The van der Waals surface area contributed by atoms with Gasteiger partial charge in [0.1, 0.15) is 11.6 Å². The summed E-state index contributed by atoms with van der Waals surface area (Å²) in [7, 11) is 1.68. The van der Waals surface area contributed by atoms with E-state index in [1.807, 2.05) is 16.7 Å². The van der Waals surface area contributed by atoms with E-state index in [0.29, 0.717) is 24.8 Å². The summed E-state index contributed by atoms with van der Waals surface area (Å²) < 4.78 is 8.23. The lowest BCUT2D eigenvalue weighted by Gasteiger charge is -2.14. The monoisotopic (exact) mass is 355 g/mol. The van der Waals surface area contributed by atoms with Gasteiger partial charge in [0.2, 0.25) is 0 Å². The number of carbonyl (C=O) groups excluding carboxylic acids is 1. The van der Waals surface area contributed by atoms with Crippen LogP contribution in [0.3, 0.4) is 0 Å². The lowest BCUT2D eigenvalue weighted by atomic mass is 10.3. The number of ether oxygens (including phenoxy) is 1. The molecule has 1 N–H and O–H groups in total. The van der Waals surface area contributed by atoms with Crippen LogP contribution in [0.4, 0.5) is 9.93 Å². The lowest BCUT2D eigenvalue weighted by molar-refractivity contribution is 0.188. The van der Waals surface area contributed by atoms with Gasteiger partial charge in [-0.2, -0.15) is 0 Å². The van der Waals surface area contributed by atoms with E-state index in [9.17, 15) is 4.79 Å². The highest BCUT2D eigenvalue weighted by Crippen LogP contribution is 2.34. The summed E-state index contributed by atoms with van der Waals surface area (Å²) in [5.41, 5.74) is 2.71. The van der Waals surface area contributed by atoms with Gasteiger partial charge in [0, 0.05) is 13.7 Å². The number of hydrogen-bond donors (Lipinski definition) is 1. The molecule has 1 atom stereocenters. The predicted octanol–water partition coefficient (Wildman–Crippen LogP) is 2.21. The van der Waals surface area contributed by atoms with Crippen LogP contribution in [0, 0.1) is 11.8 Å². The molecule has 1 saturated heterocycles. The zero-order chi connectivity index (χ0) is 17.4. The summed E-state index contributed by atoms with van der Waals surface area (Å²) in [4.78, 5) is 23.1. The van der Waals surface area contributed by atoms with Crippen LogP contribution in [0.15, 0.2) is 18.5 Å². The van der Waals surface area contributed by atoms with Crippen molar-refractivity contribution in [3.05, 3.63) is 18.5 Å². The van der Waals surface area contributed by atoms with Crippen LogP contribution in [0.1, 0.15) is 6.92 Å². The Morgan fingerprint density at radius 1 is 1.48 bits per heavy atom. The van der Waals surface area contributed by atoms with Gasteiger partial charge in [0.15, 0.2) is 5.13 Å². The predicted molar refractivity (Wildman–Crippen MR) is 97.9 cm³/mol. The van der Waals surface area contributed by atoms with Crippen LogP contribution >= 0.6 is 11.3 Å². The standard InChI is InChI=1S/C17H17N5O2S/c1-3-4-11-9-18-16(23)22(11)17-20-14-13(25-17)6-5-12-15(14)21(10-19-12)7-8-24-2/h5-6,10-11H,7-9H2,1-2H3,(H,18,23)/t11-/m1/s1. The van der Waals surface area contributed by atoms with Gasteiger partial charge in [-0.25, -0.2) is 14.8 Å². The number of hydrogen-bond acceptors (Lipinski definition) is 5. The first-order valence-electron chi connectivity index (χ1n) is 7.95. The molecular weight excluding hydrogens is 338 g/mol. The van der Waals surface area contributed by atoms with Crippen molar-refractivity contribution in [2.24, 2.45) is 0 Å². The molecule has 0 spiro atoms. The Kier molecular flexibility index (Phi) is 4.03. The van der Waals surface area contributed by atoms with Crippen LogP contribution in [-0.4, -0.2) is 46.9 Å². The molecule has 1 aliphatic heterocycles. The van der Waals surface area contributed by atoms with E-state index in [1.54, 1.807) is 25.3 Å². The molecule has 2 amide bonds. The molecule has 8 heteroatoms. The highest BCUT2D eigenvalue weighted by molar-refractivity contribution is 7.22. The lowest BCUT2D eigenvalue weighted by Crippen LogP contribution is -2.33. The Balaban J connectivity index is 1.84. The molecule has 3 aromatic rings. The molecule has 7 nitrogen and oxygen atoms in total. The fourth-order valence-electron chi connectivity index (χ4n) is 3.00. The number of urea groups is 1. The number of benzene rings is 1. The summed E-state index contributed by atoms with van der Waals surface area (Å²) >= 11 is 1.49. The summed E-state index contributed by atoms with van der Waals surface area (Å²) in [6.45, 7) is 3.59. The first kappa shape index (κ1) is 15.9. The Morgan fingerprint density at radius 2 is 2.36 bits per heavy atom. The first-order valence-corrected chi connectivity index (χ1v) is 8.77. The van der Waals surface area contributed by atoms with E-state index in [-0.39, 0.29) is 12.1 Å². The van der Waals surface area contributed by atoms with Gasteiger partial charge in [-0.1, -0.05) is 17.3 Å². The number of nitrogens with one attached hydrogen (secondary N) is 1. The highest BCUT2D eigenvalue weighted by atomic mass is 32.1. The fourth-order valence-corrected chi connectivity index (χ4v) is 4.02. The molecule has 25 heavy (non-hydrogen) atoms. The number of methoxy groups -OCH3 is 1. The van der Waals surface area contributed by atoms with Crippen molar-refractivity contribution in [2.75, 3.05) is 25.2 Å². The number of aromatic nitrogens is 3. The van der Waals surface area contributed by atoms with Crippen molar-refractivity contribution < 1.29 is 9.53 Å². The van der Waals surface area contributed by atoms with Gasteiger partial charge in [-0.3, -0.25) is 4.90 Å². The number of thiazole rings is 1. The molecule has 0 unspecified atom stereocenters. The van der Waals surface area contributed by atoms with Gasteiger partial charge >= 0.3 is 6.03 Å². The van der Waals surface area contributed by atoms with Crippen molar-refractivity contribution >= 4 is 43.7 Å². The van der Waals surface area contributed by atoms with Crippen LogP contribution in [0.2, 0.25) is 0 Å². The minimum Gasteiger partial charge on any atom is -0.383 e. The Hall–Kier alpha value is -2.63. The van der Waals surface area contributed by atoms with Crippen LogP contribution in [0.25, 0.3) is 21.3 Å². The van der Waals surface area contributed by atoms with E-state index in [0.717, 1.165) is 21.3 Å². The Labute approximate surface area is 148 Å². The van der Waals surface area contributed by atoms with Gasteiger partial charge in [0.25, 0.3) is 0 Å². The molecular formula is C17H17N5O2S. The minimum atomic E-state index is -0.188. The molecule has 1 fully saturated rings. The molecule has 2 aromatic heterocycles. The molecule has 4 rings (SSSR count). The van der Waals surface area contributed by atoms with Crippen molar-refractivity contribution in [2.45, 2.75) is 19.5 Å². The highest BCUT2D eigenvalue weighted by Gasteiger charge is 2.33. The maximum absolute atomic E-state index is 12.2. The third kappa shape index (κ3) is 2.62. The molecule has 0 saturated carbocycles. The zero-order valence-corrected chi connectivity index (χ0v) is 14.8. The molecule has 3 heterocycles. The van der Waals surface area contributed by atoms with Crippen molar-refractivity contribution in [3.8, 4) is 11.8 Å². The average Bonchev–Trinajstić information content (AvgIpc) is 3.29. The molecule has 1 aliphatic rings. The van der Waals surface area contributed by atoms with Crippen LogP contribution in [0.5, 0.6) is 0 Å². The molecule has 1 aromatic carbocycles. The van der Waals surface area contributed by atoms with Crippen molar-refractivity contribution in [1.29, 1.82) is 0 Å². The third-order valence-electron chi connectivity index (χ3n) is 4.16. The maximum Gasteiger partial charge on any atom is 0.324 e. The van der Waals surface area contributed by atoms with E-state index >= 15 is 0 Å². The Bertz CT molecular complexity index is 1010. The first-order chi connectivity index (χ1) is 12.2. The molecule has 0 radical (unpaired) electrons. The summed E-state index contributed by atoms with van der Waals surface area (Å²) in [6, 6.07) is 3.64. The number of anilines is 1. The smallest absolute Gasteiger partial charge is 0.324 e. The molecule has 0 aliphatic carbocycles. The van der Waals surface area contributed by atoms with Crippen LogP contribution < -0.4 is 10.2 Å². The topological polar surface area (TPSA) is 72.3 Å². The number of amides is 2. The minimum absolute atomic E-state index is 0.157. The van der Waals surface area contributed by atoms with Crippen molar-refractivity contribution in [3.63, 3.8) is 0 Å². The van der Waals surface area contributed by atoms with E-state index in [2.05, 4.69) is 22.1 Å². The number of nitrogens with zero attached hydrogens (tertiary/aromatic N) is 4. The van der Waals surface area contributed by atoms with Gasteiger partial charge < -0.3 is 14.6 Å². The Morgan fingerprint density at radius 3 is 3.16 bits per heavy atom. The zero-order valence-electron chi connectivity index (χ0n) is 13.9. The quantitative estimate of drug-likeness (QED) is 0.729. The number of rotatable bonds is 4. The van der Waals surface area contributed by atoms with Gasteiger partial charge in [0.05, 0.1) is 35.2 Å².